The van der Waals surface area contributed by atoms with E-state index >= 15 is 0 Å². The molecule has 0 bridgehead atoms. The SMILES string of the molecule is COc1ccc(C(=O)Nc2ccccc2)cc1N(S)C(=O)Nc1c(F)c(F)cc(F)c1F. The number of methoxy groups -OCH3 is 1. The van der Waals surface area contributed by atoms with Crippen LogP contribution in [0.25, 0.3) is 0 Å². The molecule has 0 radical (unpaired) electrons. The van der Waals surface area contributed by atoms with Crippen molar-refractivity contribution in [1.82, 2.24) is 0 Å². The minimum absolute atomic E-state index is 0.0106. The van der Waals surface area contributed by atoms with Crippen molar-refractivity contribution in [2.24, 2.45) is 0 Å². The van der Waals surface area contributed by atoms with E-state index in [4.69, 9.17) is 4.74 Å². The van der Waals surface area contributed by atoms with Crippen molar-refractivity contribution in [2.45, 2.75) is 0 Å². The van der Waals surface area contributed by atoms with Crippen LogP contribution in [0.1, 0.15) is 10.4 Å². The van der Waals surface area contributed by atoms with Gasteiger partial charge in [0.15, 0.2) is 23.3 Å². The number of nitrogens with zero attached hydrogens (tertiary/aromatic N) is 1. The van der Waals surface area contributed by atoms with Gasteiger partial charge in [-0.15, -0.1) is 0 Å². The number of halogens is 4. The van der Waals surface area contributed by atoms with Crippen molar-refractivity contribution >= 4 is 41.8 Å². The van der Waals surface area contributed by atoms with E-state index < -0.39 is 40.9 Å². The Balaban J connectivity index is 1.88. The Kier molecular flexibility index (Phi) is 6.89. The van der Waals surface area contributed by atoms with Crippen molar-refractivity contribution in [3.05, 3.63) is 83.4 Å². The second kappa shape index (κ2) is 9.60. The van der Waals surface area contributed by atoms with Crippen LogP contribution in [-0.2, 0) is 0 Å². The number of hydrogen-bond acceptors (Lipinski definition) is 4. The van der Waals surface area contributed by atoms with Crippen LogP contribution in [0, 0.1) is 23.3 Å². The molecule has 0 atom stereocenters. The fourth-order valence-electron chi connectivity index (χ4n) is 2.67. The van der Waals surface area contributed by atoms with Crippen LogP contribution in [0.3, 0.4) is 0 Å². The molecule has 0 unspecified atom stereocenters. The number of nitrogens with one attached hydrogen (secondary N) is 2. The number of thiol groups is 1. The van der Waals surface area contributed by atoms with Crippen LogP contribution in [0.15, 0.2) is 54.6 Å². The zero-order valence-electron chi connectivity index (χ0n) is 16.3. The van der Waals surface area contributed by atoms with Crippen LogP contribution in [0.5, 0.6) is 5.75 Å². The van der Waals surface area contributed by atoms with Gasteiger partial charge in [0.1, 0.15) is 11.4 Å². The molecule has 0 aromatic heterocycles. The summed E-state index contributed by atoms with van der Waals surface area (Å²) < 4.78 is 60.3. The van der Waals surface area contributed by atoms with Gasteiger partial charge in [-0.25, -0.2) is 26.7 Å². The van der Waals surface area contributed by atoms with Crippen LogP contribution >= 0.6 is 12.8 Å². The highest BCUT2D eigenvalue weighted by Crippen LogP contribution is 2.32. The predicted molar refractivity (Wildman–Crippen MR) is 114 cm³/mol. The summed E-state index contributed by atoms with van der Waals surface area (Å²) in [7, 11) is 1.28. The maximum absolute atomic E-state index is 13.9. The lowest BCUT2D eigenvalue weighted by molar-refractivity contribution is 0.102. The van der Waals surface area contributed by atoms with E-state index in [1.807, 2.05) is 0 Å². The Bertz CT molecular complexity index is 1150. The number of rotatable bonds is 5. The van der Waals surface area contributed by atoms with Crippen molar-refractivity contribution in [3.63, 3.8) is 0 Å². The standard InChI is InChI=1S/C21H15F4N3O3S/c1-31-16-8-7-11(20(29)26-12-5-3-2-4-6-12)9-15(16)28(32)21(30)27-19-17(24)13(22)10-14(23)18(19)25/h2-10,32H,1H3,(H,26,29)(H,27,30). The van der Waals surface area contributed by atoms with Crippen LogP contribution < -0.4 is 19.7 Å². The molecule has 0 aliphatic rings. The third kappa shape index (κ3) is 4.78. The molecule has 0 saturated heterocycles. The van der Waals surface area contributed by atoms with Crippen LogP contribution in [-0.4, -0.2) is 19.0 Å². The molecule has 0 aliphatic carbocycles. The molecule has 0 aliphatic heterocycles. The zero-order valence-corrected chi connectivity index (χ0v) is 17.2. The lowest BCUT2D eigenvalue weighted by Crippen LogP contribution is -2.28. The molecule has 6 nitrogen and oxygen atoms in total. The molecule has 3 aromatic carbocycles. The number of carbonyl (C=O) groups is 2. The normalized spacial score (nSPS) is 10.4. The number of para-hydroxylation sites is 1. The van der Waals surface area contributed by atoms with Gasteiger partial charge in [0.2, 0.25) is 0 Å². The number of carbonyl (C=O) groups excluding carboxylic acids is 2. The van der Waals surface area contributed by atoms with Gasteiger partial charge >= 0.3 is 6.03 Å². The highest BCUT2D eigenvalue weighted by atomic mass is 32.1. The van der Waals surface area contributed by atoms with Gasteiger partial charge in [0, 0.05) is 17.3 Å². The summed E-state index contributed by atoms with van der Waals surface area (Å²) in [5.41, 5.74) is -0.782. The number of ether oxygens (including phenoxy) is 1. The molecule has 0 heterocycles. The summed E-state index contributed by atoms with van der Waals surface area (Å²) in [6, 6.07) is 11.3. The van der Waals surface area contributed by atoms with Gasteiger partial charge < -0.3 is 15.4 Å². The molecular formula is C21H15F4N3O3S. The van der Waals surface area contributed by atoms with Crippen LogP contribution in [0.2, 0.25) is 0 Å². The summed E-state index contributed by atoms with van der Waals surface area (Å²) in [5, 5.41) is 4.37. The summed E-state index contributed by atoms with van der Waals surface area (Å²) in [4.78, 5) is 25.0. The fraction of sp³-hybridized carbons (Fsp3) is 0.0476. The first kappa shape index (κ1) is 22.9. The Morgan fingerprint density at radius 2 is 1.53 bits per heavy atom. The van der Waals surface area contributed by atoms with E-state index in [0.717, 1.165) is 0 Å². The molecular weight excluding hydrogens is 450 g/mol. The van der Waals surface area contributed by atoms with E-state index in [1.54, 1.807) is 35.6 Å². The van der Waals surface area contributed by atoms with Gasteiger partial charge in [-0.1, -0.05) is 31.0 Å². The first-order valence-corrected chi connectivity index (χ1v) is 9.30. The second-order valence-electron chi connectivity index (χ2n) is 6.29. The first-order valence-electron chi connectivity index (χ1n) is 8.90. The minimum Gasteiger partial charge on any atom is -0.495 e. The van der Waals surface area contributed by atoms with E-state index in [9.17, 15) is 27.2 Å². The fourth-order valence-corrected chi connectivity index (χ4v) is 2.88. The Morgan fingerprint density at radius 1 is 0.906 bits per heavy atom. The molecule has 32 heavy (non-hydrogen) atoms. The number of amides is 3. The zero-order chi connectivity index (χ0) is 23.4. The topological polar surface area (TPSA) is 70.7 Å². The van der Waals surface area contributed by atoms with Crippen molar-refractivity contribution in [3.8, 4) is 5.75 Å². The number of hydrogen-bond donors (Lipinski definition) is 3. The maximum atomic E-state index is 13.9. The lowest BCUT2D eigenvalue weighted by Gasteiger charge is -2.20. The quantitative estimate of drug-likeness (QED) is 0.269. The molecule has 166 valence electrons. The Labute approximate surface area is 185 Å². The largest absolute Gasteiger partial charge is 0.495 e. The van der Waals surface area contributed by atoms with Gasteiger partial charge in [-0.05, 0) is 30.3 Å². The molecule has 3 amide bonds. The molecule has 11 heteroatoms. The van der Waals surface area contributed by atoms with E-state index in [-0.39, 0.29) is 23.1 Å². The minimum atomic E-state index is -1.79. The van der Waals surface area contributed by atoms with E-state index in [0.29, 0.717) is 9.99 Å². The number of anilines is 3. The van der Waals surface area contributed by atoms with E-state index in [2.05, 4.69) is 18.1 Å². The first-order chi connectivity index (χ1) is 15.2. The summed E-state index contributed by atoms with van der Waals surface area (Å²) in [6.45, 7) is 0. The van der Waals surface area contributed by atoms with Gasteiger partial charge in [-0.2, -0.15) is 0 Å². The monoisotopic (exact) mass is 465 g/mol. The third-order valence-corrected chi connectivity index (χ3v) is 4.63. The smallest absolute Gasteiger partial charge is 0.336 e. The Morgan fingerprint density at radius 3 is 2.12 bits per heavy atom. The highest BCUT2D eigenvalue weighted by Gasteiger charge is 2.25. The molecule has 0 saturated carbocycles. The van der Waals surface area contributed by atoms with Crippen molar-refractivity contribution < 1.29 is 31.9 Å². The second-order valence-corrected chi connectivity index (χ2v) is 6.69. The van der Waals surface area contributed by atoms with E-state index in [1.165, 1.54) is 25.3 Å². The summed E-state index contributed by atoms with van der Waals surface area (Å²) in [5.74, 6) is -7.41. The summed E-state index contributed by atoms with van der Waals surface area (Å²) >= 11 is 3.98. The number of benzene rings is 3. The molecule has 0 fully saturated rings. The van der Waals surface area contributed by atoms with Gasteiger partial charge in [0.25, 0.3) is 5.91 Å². The van der Waals surface area contributed by atoms with Crippen molar-refractivity contribution in [1.29, 1.82) is 0 Å². The maximum Gasteiger partial charge on any atom is 0.336 e. The third-order valence-electron chi connectivity index (χ3n) is 4.24. The van der Waals surface area contributed by atoms with Gasteiger partial charge in [-0.3, -0.25) is 4.79 Å². The average Bonchev–Trinajstić information content (AvgIpc) is 2.80. The lowest BCUT2D eigenvalue weighted by atomic mass is 10.1. The molecule has 3 aromatic rings. The number of urea groups is 1. The Hall–Kier alpha value is -3.73. The van der Waals surface area contributed by atoms with Crippen molar-refractivity contribution in [2.75, 3.05) is 22.0 Å². The molecule has 3 rings (SSSR count). The van der Waals surface area contributed by atoms with Gasteiger partial charge in [0.05, 0.1) is 12.8 Å². The average molecular weight is 465 g/mol. The summed E-state index contributed by atoms with van der Waals surface area (Å²) in [6.07, 6.45) is 0. The van der Waals surface area contributed by atoms with Crippen LogP contribution in [0.4, 0.5) is 39.4 Å². The molecule has 2 N–H and O–H groups in total. The molecule has 0 spiro atoms. The predicted octanol–water partition coefficient (Wildman–Crippen LogP) is 5.39. The highest BCUT2D eigenvalue weighted by molar-refractivity contribution is 7.82.